The minimum absolute atomic E-state index is 0.209. The number of thioether (sulfide) groups is 1. The first kappa shape index (κ1) is 13.1. The summed E-state index contributed by atoms with van der Waals surface area (Å²) >= 11 is 1.70. The average Bonchev–Trinajstić information content (AvgIpc) is 2.70. The van der Waals surface area contributed by atoms with E-state index in [1.165, 1.54) is 0 Å². The van der Waals surface area contributed by atoms with Crippen molar-refractivity contribution in [2.45, 2.75) is 13.3 Å². The number of carbonyl (C=O) groups excluding carboxylic acids is 1. The predicted octanol–water partition coefficient (Wildman–Crippen LogP) is 0.828. The van der Waals surface area contributed by atoms with Crippen molar-refractivity contribution in [2.75, 3.05) is 24.7 Å². The molecular weight excluding hydrogens is 228 g/mol. The molecule has 0 aliphatic heterocycles. The molecule has 0 fully saturated rings. The second-order valence-corrected chi connectivity index (χ2v) is 4.49. The van der Waals surface area contributed by atoms with Crippen LogP contribution in [-0.2, 0) is 0 Å². The maximum Gasteiger partial charge on any atom is 0.273 e. The molecule has 1 aromatic rings. The molecule has 1 aromatic heterocycles. The summed E-state index contributed by atoms with van der Waals surface area (Å²) in [6, 6.07) is 1.61. The van der Waals surface area contributed by atoms with Crippen LogP contribution in [0.15, 0.2) is 10.6 Å². The molecule has 2 N–H and O–H groups in total. The minimum Gasteiger partial charge on any atom is -0.396 e. The maximum atomic E-state index is 11.5. The molecule has 1 heterocycles. The molecule has 6 heteroatoms. The van der Waals surface area contributed by atoms with Crippen molar-refractivity contribution in [2.24, 2.45) is 0 Å². The first-order chi connectivity index (χ1) is 7.74. The number of amides is 1. The lowest BCUT2D eigenvalue weighted by atomic mass is 10.3. The lowest BCUT2D eigenvalue weighted by Gasteiger charge is -2.02. The number of rotatable bonds is 7. The van der Waals surface area contributed by atoms with Gasteiger partial charge in [0.15, 0.2) is 5.69 Å². The molecule has 0 bridgehead atoms. The Hall–Kier alpha value is -1.01. The number of hydrogen-bond donors (Lipinski definition) is 2. The standard InChI is InChI=1S/C10H16N2O3S/c1-8-7-9(12-15-8)10(14)11-3-6-16-5-2-4-13/h7,13H,2-6H2,1H3,(H,11,14). The molecule has 0 saturated heterocycles. The van der Waals surface area contributed by atoms with Gasteiger partial charge in [0.1, 0.15) is 5.76 Å². The van der Waals surface area contributed by atoms with Crippen LogP contribution in [-0.4, -0.2) is 40.8 Å². The largest absolute Gasteiger partial charge is 0.396 e. The smallest absolute Gasteiger partial charge is 0.273 e. The van der Waals surface area contributed by atoms with Gasteiger partial charge in [-0.2, -0.15) is 11.8 Å². The molecule has 0 radical (unpaired) electrons. The molecule has 5 nitrogen and oxygen atoms in total. The van der Waals surface area contributed by atoms with Gasteiger partial charge >= 0.3 is 0 Å². The van der Waals surface area contributed by atoms with Crippen molar-refractivity contribution in [3.63, 3.8) is 0 Å². The van der Waals surface area contributed by atoms with Gasteiger partial charge in [-0.15, -0.1) is 0 Å². The van der Waals surface area contributed by atoms with Gasteiger partial charge in [0.2, 0.25) is 0 Å². The van der Waals surface area contributed by atoms with Crippen LogP contribution in [0.5, 0.6) is 0 Å². The second-order valence-electron chi connectivity index (χ2n) is 3.27. The summed E-state index contributed by atoms with van der Waals surface area (Å²) in [6.07, 6.45) is 0.793. The Labute approximate surface area is 98.6 Å². The first-order valence-corrected chi connectivity index (χ1v) is 6.29. The van der Waals surface area contributed by atoms with Gasteiger partial charge in [0, 0.05) is 25.0 Å². The summed E-state index contributed by atoms with van der Waals surface area (Å²) in [5, 5.41) is 14.9. The van der Waals surface area contributed by atoms with Gasteiger partial charge in [0.25, 0.3) is 5.91 Å². The molecule has 16 heavy (non-hydrogen) atoms. The number of aliphatic hydroxyl groups excluding tert-OH is 1. The fraction of sp³-hybridized carbons (Fsp3) is 0.600. The van der Waals surface area contributed by atoms with Gasteiger partial charge in [-0.25, -0.2) is 0 Å². The van der Waals surface area contributed by atoms with Crippen LogP contribution in [0.2, 0.25) is 0 Å². The third-order valence-corrected chi connectivity index (χ3v) is 2.91. The molecule has 1 rings (SSSR count). The van der Waals surface area contributed by atoms with Gasteiger partial charge in [0.05, 0.1) is 0 Å². The van der Waals surface area contributed by atoms with E-state index < -0.39 is 0 Å². The van der Waals surface area contributed by atoms with E-state index in [2.05, 4.69) is 10.5 Å². The summed E-state index contributed by atoms with van der Waals surface area (Å²) in [5.74, 6) is 2.17. The SMILES string of the molecule is Cc1cc(C(=O)NCCSCCCO)no1. The second kappa shape index (κ2) is 7.29. The van der Waals surface area contributed by atoms with Crippen LogP contribution in [0.1, 0.15) is 22.7 Å². The maximum absolute atomic E-state index is 11.5. The van der Waals surface area contributed by atoms with Crippen LogP contribution in [0.4, 0.5) is 0 Å². The van der Waals surface area contributed by atoms with E-state index >= 15 is 0 Å². The highest BCUT2D eigenvalue weighted by molar-refractivity contribution is 7.99. The fourth-order valence-electron chi connectivity index (χ4n) is 1.07. The van der Waals surface area contributed by atoms with Gasteiger partial charge < -0.3 is 14.9 Å². The molecule has 0 atom stereocenters. The Morgan fingerprint density at radius 3 is 3.06 bits per heavy atom. The minimum atomic E-state index is -0.209. The van der Waals surface area contributed by atoms with Crippen LogP contribution < -0.4 is 5.32 Å². The average molecular weight is 244 g/mol. The Bertz CT molecular complexity index is 328. The highest BCUT2D eigenvalue weighted by Gasteiger charge is 2.09. The first-order valence-electron chi connectivity index (χ1n) is 5.14. The van der Waals surface area contributed by atoms with Gasteiger partial charge in [-0.05, 0) is 19.1 Å². The van der Waals surface area contributed by atoms with E-state index in [1.54, 1.807) is 24.8 Å². The molecule has 0 aliphatic carbocycles. The van der Waals surface area contributed by atoms with E-state index in [9.17, 15) is 4.79 Å². The van der Waals surface area contributed by atoms with Crippen molar-refractivity contribution in [3.8, 4) is 0 Å². The van der Waals surface area contributed by atoms with Crippen molar-refractivity contribution < 1.29 is 14.4 Å². The van der Waals surface area contributed by atoms with Crippen LogP contribution in [0.3, 0.4) is 0 Å². The third kappa shape index (κ3) is 4.67. The Balaban J connectivity index is 2.11. The number of nitrogens with one attached hydrogen (secondary N) is 1. The normalized spacial score (nSPS) is 10.4. The van der Waals surface area contributed by atoms with E-state index in [4.69, 9.17) is 9.63 Å². The predicted molar refractivity (Wildman–Crippen MR) is 62.6 cm³/mol. The Kier molecular flexibility index (Phi) is 5.95. The summed E-state index contributed by atoms with van der Waals surface area (Å²) < 4.78 is 4.80. The zero-order valence-electron chi connectivity index (χ0n) is 9.23. The lowest BCUT2D eigenvalue weighted by Crippen LogP contribution is -2.26. The zero-order chi connectivity index (χ0) is 11.8. The highest BCUT2D eigenvalue weighted by atomic mass is 32.2. The number of carbonyl (C=O) groups is 1. The lowest BCUT2D eigenvalue weighted by molar-refractivity contribution is 0.0947. The van der Waals surface area contributed by atoms with E-state index in [1.807, 2.05) is 0 Å². The molecule has 0 unspecified atom stereocenters. The van der Waals surface area contributed by atoms with E-state index in [0.717, 1.165) is 17.9 Å². The number of aryl methyl sites for hydroxylation is 1. The van der Waals surface area contributed by atoms with Gasteiger partial charge in [-0.3, -0.25) is 4.79 Å². The summed E-state index contributed by atoms with van der Waals surface area (Å²) in [7, 11) is 0. The van der Waals surface area contributed by atoms with Crippen molar-refractivity contribution in [3.05, 3.63) is 17.5 Å². The molecular formula is C10H16N2O3S. The summed E-state index contributed by atoms with van der Waals surface area (Å²) in [6.45, 7) is 2.56. The molecule has 0 aliphatic rings. The Morgan fingerprint density at radius 1 is 1.62 bits per heavy atom. The number of aromatic nitrogens is 1. The van der Waals surface area contributed by atoms with Crippen molar-refractivity contribution >= 4 is 17.7 Å². The van der Waals surface area contributed by atoms with E-state index in [-0.39, 0.29) is 12.5 Å². The topological polar surface area (TPSA) is 75.4 Å². The molecule has 0 spiro atoms. The van der Waals surface area contributed by atoms with Crippen molar-refractivity contribution in [1.29, 1.82) is 0 Å². The molecule has 0 saturated carbocycles. The van der Waals surface area contributed by atoms with Crippen LogP contribution in [0, 0.1) is 6.92 Å². The third-order valence-electron chi connectivity index (χ3n) is 1.84. The summed E-state index contributed by atoms with van der Waals surface area (Å²) in [5.41, 5.74) is 0.317. The molecule has 0 aromatic carbocycles. The number of aliphatic hydroxyl groups is 1. The fourth-order valence-corrected chi connectivity index (χ4v) is 1.85. The van der Waals surface area contributed by atoms with Crippen molar-refractivity contribution in [1.82, 2.24) is 10.5 Å². The van der Waals surface area contributed by atoms with E-state index in [0.29, 0.717) is 18.0 Å². The van der Waals surface area contributed by atoms with Crippen LogP contribution >= 0.6 is 11.8 Å². The number of nitrogens with zero attached hydrogens (tertiary/aromatic N) is 1. The number of hydrogen-bond acceptors (Lipinski definition) is 5. The molecule has 90 valence electrons. The molecule has 1 amide bonds. The zero-order valence-corrected chi connectivity index (χ0v) is 10.0. The van der Waals surface area contributed by atoms with Gasteiger partial charge in [-0.1, -0.05) is 5.16 Å². The Morgan fingerprint density at radius 2 is 2.44 bits per heavy atom. The highest BCUT2D eigenvalue weighted by Crippen LogP contribution is 2.02. The quantitative estimate of drug-likeness (QED) is 0.695. The van der Waals surface area contributed by atoms with Crippen LogP contribution in [0.25, 0.3) is 0 Å². The summed E-state index contributed by atoms with van der Waals surface area (Å²) in [4.78, 5) is 11.5. The monoisotopic (exact) mass is 244 g/mol.